The van der Waals surface area contributed by atoms with Crippen LogP contribution in [0.1, 0.15) is 61.8 Å². The molecule has 0 aromatic carbocycles. The van der Waals surface area contributed by atoms with Gasteiger partial charge in [-0.05, 0) is 54.4 Å². The highest BCUT2D eigenvalue weighted by Gasteiger charge is 2.27. The molecular formula is C15H34N4O2. The molecule has 6 nitrogen and oxygen atoms in total. The number of nitrogens with zero attached hydrogens (tertiary/aromatic N) is 1. The first-order chi connectivity index (χ1) is 8.91. The Morgan fingerprint density at radius 3 is 2.10 bits per heavy atom. The molecule has 6 heteroatoms. The number of rotatable bonds is 6. The molecule has 0 fully saturated rings. The Kier molecular flexibility index (Phi) is 9.29. The SMILES string of the molecule is C.CC(C)(C)NC(CCCN=C(N)N)C(=O)OC(C)(C)C. The molecule has 0 rings (SSSR count). The summed E-state index contributed by atoms with van der Waals surface area (Å²) in [6.45, 7) is 12.1. The minimum atomic E-state index is -0.491. The van der Waals surface area contributed by atoms with Crippen molar-refractivity contribution in [1.29, 1.82) is 0 Å². The van der Waals surface area contributed by atoms with Crippen LogP contribution in [-0.4, -0.2) is 35.7 Å². The first kappa shape index (κ1) is 22.0. The van der Waals surface area contributed by atoms with Crippen molar-refractivity contribution in [3.63, 3.8) is 0 Å². The third kappa shape index (κ3) is 13.4. The molecule has 126 valence electrons. The van der Waals surface area contributed by atoms with E-state index in [1.807, 2.05) is 41.5 Å². The largest absolute Gasteiger partial charge is 0.459 e. The lowest BCUT2D eigenvalue weighted by molar-refractivity contribution is -0.158. The number of hydrogen-bond acceptors (Lipinski definition) is 4. The van der Waals surface area contributed by atoms with Crippen LogP contribution in [0.15, 0.2) is 4.99 Å². The van der Waals surface area contributed by atoms with Gasteiger partial charge in [0.15, 0.2) is 5.96 Å². The molecule has 0 aromatic rings. The summed E-state index contributed by atoms with van der Waals surface area (Å²) in [5, 5.41) is 3.28. The standard InChI is InChI=1S/C14H30N4O2.CH4/c1-13(2,3)18-10(8-7-9-17-12(15)16)11(19)20-14(4,5)6;/h10,18H,7-9H2,1-6H3,(H4,15,16,17);1H4. The van der Waals surface area contributed by atoms with Gasteiger partial charge in [0, 0.05) is 12.1 Å². The van der Waals surface area contributed by atoms with E-state index < -0.39 is 5.60 Å². The molecule has 0 spiro atoms. The molecule has 21 heavy (non-hydrogen) atoms. The summed E-state index contributed by atoms with van der Waals surface area (Å²) in [6.07, 6.45) is 1.34. The van der Waals surface area contributed by atoms with Gasteiger partial charge in [-0.1, -0.05) is 7.43 Å². The number of hydrogen-bond donors (Lipinski definition) is 3. The molecule has 0 bridgehead atoms. The van der Waals surface area contributed by atoms with Crippen LogP contribution in [0.4, 0.5) is 0 Å². The van der Waals surface area contributed by atoms with Gasteiger partial charge < -0.3 is 16.2 Å². The van der Waals surface area contributed by atoms with Gasteiger partial charge in [-0.2, -0.15) is 0 Å². The van der Waals surface area contributed by atoms with Gasteiger partial charge in [0.25, 0.3) is 0 Å². The molecule has 0 amide bonds. The van der Waals surface area contributed by atoms with E-state index in [0.29, 0.717) is 19.4 Å². The van der Waals surface area contributed by atoms with Gasteiger partial charge in [-0.3, -0.25) is 15.1 Å². The Balaban J connectivity index is 0. The van der Waals surface area contributed by atoms with Crippen molar-refractivity contribution in [3.8, 4) is 0 Å². The number of ether oxygens (including phenoxy) is 1. The van der Waals surface area contributed by atoms with Crippen LogP contribution in [0.5, 0.6) is 0 Å². The van der Waals surface area contributed by atoms with Crippen molar-refractivity contribution in [2.45, 2.75) is 79.0 Å². The third-order valence-corrected chi connectivity index (χ3v) is 2.24. The number of esters is 1. The van der Waals surface area contributed by atoms with Crippen molar-refractivity contribution in [1.82, 2.24) is 5.32 Å². The summed E-state index contributed by atoms with van der Waals surface area (Å²) in [4.78, 5) is 16.1. The predicted molar refractivity (Wildman–Crippen MR) is 89.2 cm³/mol. The Labute approximate surface area is 129 Å². The van der Waals surface area contributed by atoms with Gasteiger partial charge >= 0.3 is 5.97 Å². The fraction of sp³-hybridized carbons (Fsp3) is 0.867. The van der Waals surface area contributed by atoms with Crippen LogP contribution in [0, 0.1) is 0 Å². The summed E-state index contributed by atoms with van der Waals surface area (Å²) < 4.78 is 5.44. The average molecular weight is 302 g/mol. The van der Waals surface area contributed by atoms with Crippen LogP contribution in [0.3, 0.4) is 0 Å². The Morgan fingerprint density at radius 2 is 1.71 bits per heavy atom. The molecule has 0 saturated carbocycles. The van der Waals surface area contributed by atoms with Crippen molar-refractivity contribution >= 4 is 11.9 Å². The minimum absolute atomic E-state index is 0. The fourth-order valence-electron chi connectivity index (χ4n) is 1.65. The van der Waals surface area contributed by atoms with E-state index in [0.717, 1.165) is 0 Å². The molecule has 5 N–H and O–H groups in total. The summed E-state index contributed by atoms with van der Waals surface area (Å²) in [5.41, 5.74) is 9.89. The van der Waals surface area contributed by atoms with Crippen molar-refractivity contribution in [2.24, 2.45) is 16.5 Å². The van der Waals surface area contributed by atoms with Crippen LogP contribution in [-0.2, 0) is 9.53 Å². The van der Waals surface area contributed by atoms with Crippen molar-refractivity contribution in [2.75, 3.05) is 6.54 Å². The van der Waals surface area contributed by atoms with Crippen LogP contribution in [0.25, 0.3) is 0 Å². The number of nitrogens with two attached hydrogens (primary N) is 2. The molecule has 0 heterocycles. The highest BCUT2D eigenvalue weighted by atomic mass is 16.6. The summed E-state index contributed by atoms with van der Waals surface area (Å²) in [7, 11) is 0. The monoisotopic (exact) mass is 302 g/mol. The Bertz CT molecular complexity index is 337. The Hall–Kier alpha value is -1.30. The zero-order valence-electron chi connectivity index (χ0n) is 13.6. The van der Waals surface area contributed by atoms with E-state index in [9.17, 15) is 4.79 Å². The topological polar surface area (TPSA) is 103 Å². The molecular weight excluding hydrogens is 268 g/mol. The van der Waals surface area contributed by atoms with Crippen molar-refractivity contribution < 1.29 is 9.53 Å². The zero-order valence-corrected chi connectivity index (χ0v) is 13.6. The first-order valence-electron chi connectivity index (χ1n) is 6.97. The number of guanidine groups is 1. The molecule has 0 aromatic heterocycles. The first-order valence-corrected chi connectivity index (χ1v) is 6.97. The lowest BCUT2D eigenvalue weighted by atomic mass is 10.0. The summed E-state index contributed by atoms with van der Waals surface area (Å²) >= 11 is 0. The maximum Gasteiger partial charge on any atom is 0.323 e. The van der Waals surface area contributed by atoms with E-state index in [4.69, 9.17) is 16.2 Å². The lowest BCUT2D eigenvalue weighted by Gasteiger charge is -2.30. The second kappa shape index (κ2) is 8.87. The molecule has 0 saturated heterocycles. The average Bonchev–Trinajstić information content (AvgIpc) is 2.17. The second-order valence-electron chi connectivity index (χ2n) is 6.93. The van der Waals surface area contributed by atoms with Gasteiger partial charge in [0.2, 0.25) is 0 Å². The number of carbonyl (C=O) groups excluding carboxylic acids is 1. The maximum atomic E-state index is 12.2. The van der Waals surface area contributed by atoms with Crippen LogP contribution < -0.4 is 16.8 Å². The summed E-state index contributed by atoms with van der Waals surface area (Å²) in [6, 6.07) is -0.358. The van der Waals surface area contributed by atoms with E-state index in [2.05, 4.69) is 10.3 Å². The number of nitrogens with one attached hydrogen (secondary N) is 1. The van der Waals surface area contributed by atoms with Gasteiger partial charge in [0.05, 0.1) is 0 Å². The Morgan fingerprint density at radius 1 is 1.19 bits per heavy atom. The van der Waals surface area contributed by atoms with Crippen LogP contribution in [0.2, 0.25) is 0 Å². The predicted octanol–water partition coefficient (Wildman–Crippen LogP) is 1.77. The normalized spacial score (nSPS) is 13.0. The fourth-order valence-corrected chi connectivity index (χ4v) is 1.65. The van der Waals surface area contributed by atoms with E-state index >= 15 is 0 Å². The highest BCUT2D eigenvalue weighted by Crippen LogP contribution is 2.13. The lowest BCUT2D eigenvalue weighted by Crippen LogP contribution is -2.49. The number of carbonyl (C=O) groups is 1. The zero-order chi connectivity index (χ0) is 16.0. The van der Waals surface area contributed by atoms with E-state index in [-0.39, 0.29) is 30.9 Å². The number of aliphatic imine (C=N–C) groups is 1. The quantitative estimate of drug-likeness (QED) is 0.300. The van der Waals surface area contributed by atoms with E-state index in [1.165, 1.54) is 0 Å². The van der Waals surface area contributed by atoms with Gasteiger partial charge in [0.1, 0.15) is 11.6 Å². The maximum absolute atomic E-state index is 12.2. The third-order valence-electron chi connectivity index (χ3n) is 2.24. The molecule has 0 aliphatic heterocycles. The van der Waals surface area contributed by atoms with Crippen LogP contribution >= 0.6 is 0 Å². The highest BCUT2D eigenvalue weighted by molar-refractivity contribution is 5.76. The van der Waals surface area contributed by atoms with E-state index in [1.54, 1.807) is 0 Å². The minimum Gasteiger partial charge on any atom is -0.459 e. The molecule has 0 radical (unpaired) electrons. The molecule has 0 aliphatic rings. The molecule has 0 aliphatic carbocycles. The smallest absolute Gasteiger partial charge is 0.323 e. The second-order valence-corrected chi connectivity index (χ2v) is 6.93. The molecule has 1 unspecified atom stereocenters. The van der Waals surface area contributed by atoms with Crippen molar-refractivity contribution in [3.05, 3.63) is 0 Å². The van der Waals surface area contributed by atoms with Gasteiger partial charge in [-0.15, -0.1) is 0 Å². The molecule has 1 atom stereocenters. The van der Waals surface area contributed by atoms with Gasteiger partial charge in [-0.25, -0.2) is 0 Å². The summed E-state index contributed by atoms with van der Waals surface area (Å²) in [5.74, 6) is -0.167.